The summed E-state index contributed by atoms with van der Waals surface area (Å²) in [7, 11) is 1.66. The van der Waals surface area contributed by atoms with Gasteiger partial charge in [-0.2, -0.15) is 10.2 Å². The average molecular weight is 488 g/mol. The molecule has 2 aromatic heterocycles. The standard InChI is InChI=1S/C17H28N8O.HI/c1-3-18-17(19-8-4-10-24-11-5-9-20-24)21-14-6-7-16-22-15(13-26-2)23-25(16)12-14;/h5,9,11,14H,3-4,6-8,10,12-13H2,1-2H3,(H2,18,19,21);1H. The number of hydrogen-bond donors (Lipinski definition) is 2. The zero-order chi connectivity index (χ0) is 18.2. The molecule has 0 aliphatic carbocycles. The lowest BCUT2D eigenvalue weighted by atomic mass is 10.1. The van der Waals surface area contributed by atoms with Gasteiger partial charge in [-0.3, -0.25) is 9.67 Å². The summed E-state index contributed by atoms with van der Waals surface area (Å²) in [5.41, 5.74) is 0. The second-order valence-corrected chi connectivity index (χ2v) is 6.32. The molecule has 3 heterocycles. The van der Waals surface area contributed by atoms with Gasteiger partial charge in [0.2, 0.25) is 0 Å². The van der Waals surface area contributed by atoms with E-state index in [4.69, 9.17) is 4.74 Å². The van der Waals surface area contributed by atoms with Crippen LogP contribution in [0.2, 0.25) is 0 Å². The minimum absolute atomic E-state index is 0. The zero-order valence-electron chi connectivity index (χ0n) is 16.0. The minimum Gasteiger partial charge on any atom is -0.377 e. The number of nitrogens with zero attached hydrogens (tertiary/aromatic N) is 6. The summed E-state index contributed by atoms with van der Waals surface area (Å²) in [5, 5.41) is 15.6. The molecule has 150 valence electrons. The first kappa shape index (κ1) is 21.6. The average Bonchev–Trinajstić information content (AvgIpc) is 3.28. The Hall–Kier alpha value is -1.69. The molecule has 0 spiro atoms. The Labute approximate surface area is 177 Å². The summed E-state index contributed by atoms with van der Waals surface area (Å²) in [5.74, 6) is 2.65. The lowest BCUT2D eigenvalue weighted by Gasteiger charge is -2.25. The molecule has 1 aliphatic heterocycles. The van der Waals surface area contributed by atoms with E-state index in [0.717, 1.165) is 63.0 Å². The van der Waals surface area contributed by atoms with Gasteiger partial charge in [0.05, 0.1) is 6.54 Å². The largest absolute Gasteiger partial charge is 0.377 e. The first-order valence-electron chi connectivity index (χ1n) is 9.22. The van der Waals surface area contributed by atoms with Crippen molar-refractivity contribution in [2.45, 2.75) is 51.9 Å². The SMILES string of the molecule is CCNC(=NCCCn1cccn1)NC1CCc2nc(COC)nn2C1.I. The Kier molecular flexibility index (Phi) is 8.98. The van der Waals surface area contributed by atoms with Crippen molar-refractivity contribution in [2.75, 3.05) is 20.2 Å². The molecule has 2 aromatic rings. The van der Waals surface area contributed by atoms with Crippen molar-refractivity contribution in [3.8, 4) is 0 Å². The molecule has 0 bridgehead atoms. The predicted molar refractivity (Wildman–Crippen MR) is 114 cm³/mol. The van der Waals surface area contributed by atoms with Crippen molar-refractivity contribution in [3.63, 3.8) is 0 Å². The molecule has 3 rings (SSSR count). The molecule has 0 aromatic carbocycles. The number of aryl methyl sites for hydroxylation is 2. The number of hydrogen-bond acceptors (Lipinski definition) is 5. The Morgan fingerprint density at radius 1 is 1.44 bits per heavy atom. The monoisotopic (exact) mass is 488 g/mol. The van der Waals surface area contributed by atoms with Gasteiger partial charge >= 0.3 is 0 Å². The summed E-state index contributed by atoms with van der Waals surface area (Å²) in [4.78, 5) is 9.21. The van der Waals surface area contributed by atoms with Crippen molar-refractivity contribution in [2.24, 2.45) is 4.99 Å². The fourth-order valence-electron chi connectivity index (χ4n) is 3.04. The maximum absolute atomic E-state index is 5.12. The van der Waals surface area contributed by atoms with Crippen molar-refractivity contribution in [3.05, 3.63) is 30.1 Å². The highest BCUT2D eigenvalue weighted by Crippen LogP contribution is 2.13. The van der Waals surface area contributed by atoms with Gasteiger partial charge in [-0.1, -0.05) is 0 Å². The molecule has 1 aliphatic rings. The van der Waals surface area contributed by atoms with Gasteiger partial charge in [-0.25, -0.2) is 9.67 Å². The number of guanidine groups is 1. The molecule has 9 nitrogen and oxygen atoms in total. The van der Waals surface area contributed by atoms with Crippen molar-refractivity contribution in [1.82, 2.24) is 35.2 Å². The van der Waals surface area contributed by atoms with E-state index in [9.17, 15) is 0 Å². The summed E-state index contributed by atoms with van der Waals surface area (Å²) in [6, 6.07) is 2.23. The van der Waals surface area contributed by atoms with E-state index in [2.05, 4.69) is 37.7 Å². The van der Waals surface area contributed by atoms with Gasteiger partial charge in [0.25, 0.3) is 0 Å². The summed E-state index contributed by atoms with van der Waals surface area (Å²) < 4.78 is 9.04. The second-order valence-electron chi connectivity index (χ2n) is 6.32. The molecule has 1 atom stereocenters. The first-order chi connectivity index (χ1) is 12.8. The summed E-state index contributed by atoms with van der Waals surface area (Å²) in [6.45, 7) is 5.80. The van der Waals surface area contributed by atoms with Crippen molar-refractivity contribution in [1.29, 1.82) is 0 Å². The fourth-order valence-corrected chi connectivity index (χ4v) is 3.04. The molecule has 0 saturated heterocycles. The van der Waals surface area contributed by atoms with Gasteiger partial charge in [0.15, 0.2) is 11.8 Å². The van der Waals surface area contributed by atoms with E-state index < -0.39 is 0 Å². The minimum atomic E-state index is 0. The molecular weight excluding hydrogens is 459 g/mol. The Bertz CT molecular complexity index is 700. The zero-order valence-corrected chi connectivity index (χ0v) is 18.3. The molecule has 2 N–H and O–H groups in total. The lowest BCUT2D eigenvalue weighted by molar-refractivity contribution is 0.177. The topological polar surface area (TPSA) is 94.2 Å². The molecule has 0 fully saturated rings. The number of halogens is 1. The highest BCUT2D eigenvalue weighted by Gasteiger charge is 2.22. The number of fused-ring (bicyclic) bond motifs is 1. The van der Waals surface area contributed by atoms with Gasteiger partial charge in [0.1, 0.15) is 12.4 Å². The number of methoxy groups -OCH3 is 1. The van der Waals surface area contributed by atoms with Crippen LogP contribution in [0, 0.1) is 0 Å². The number of aromatic nitrogens is 5. The normalized spacial score (nSPS) is 16.5. The third kappa shape index (κ3) is 6.45. The van der Waals surface area contributed by atoms with E-state index in [1.807, 2.05) is 21.6 Å². The number of aliphatic imine (C=N–C) groups is 1. The van der Waals surface area contributed by atoms with Crippen LogP contribution in [-0.4, -0.2) is 56.7 Å². The molecule has 0 saturated carbocycles. The quantitative estimate of drug-likeness (QED) is 0.251. The lowest BCUT2D eigenvalue weighted by Crippen LogP contribution is -2.47. The van der Waals surface area contributed by atoms with Crippen molar-refractivity contribution < 1.29 is 4.74 Å². The van der Waals surface area contributed by atoms with Crippen LogP contribution in [0.3, 0.4) is 0 Å². The fraction of sp³-hybridized carbons (Fsp3) is 0.647. The van der Waals surface area contributed by atoms with E-state index in [1.54, 1.807) is 13.3 Å². The Morgan fingerprint density at radius 2 is 2.33 bits per heavy atom. The number of nitrogens with one attached hydrogen (secondary N) is 2. The van der Waals surface area contributed by atoms with Crippen LogP contribution in [-0.2, 0) is 30.9 Å². The Balaban J connectivity index is 0.00000261. The Morgan fingerprint density at radius 3 is 3.07 bits per heavy atom. The third-order valence-corrected chi connectivity index (χ3v) is 4.23. The van der Waals surface area contributed by atoms with Crippen LogP contribution in [0.15, 0.2) is 23.5 Å². The van der Waals surface area contributed by atoms with E-state index in [-0.39, 0.29) is 24.0 Å². The number of rotatable bonds is 8. The van der Waals surface area contributed by atoms with E-state index in [0.29, 0.717) is 12.6 Å². The predicted octanol–water partition coefficient (Wildman–Crippen LogP) is 1.20. The molecule has 10 heteroatoms. The van der Waals surface area contributed by atoms with Crippen LogP contribution in [0.1, 0.15) is 31.4 Å². The van der Waals surface area contributed by atoms with Gasteiger partial charge in [0, 0.05) is 51.6 Å². The maximum atomic E-state index is 5.12. The van der Waals surface area contributed by atoms with Crippen LogP contribution >= 0.6 is 24.0 Å². The molecule has 0 amide bonds. The second kappa shape index (κ2) is 11.2. The molecular formula is C17H29IN8O. The van der Waals surface area contributed by atoms with E-state index >= 15 is 0 Å². The maximum Gasteiger partial charge on any atom is 0.191 e. The summed E-state index contributed by atoms with van der Waals surface area (Å²) in [6.07, 6.45) is 6.66. The van der Waals surface area contributed by atoms with Gasteiger partial charge in [-0.05, 0) is 25.8 Å². The van der Waals surface area contributed by atoms with Crippen LogP contribution in [0.4, 0.5) is 0 Å². The van der Waals surface area contributed by atoms with Crippen LogP contribution in [0.25, 0.3) is 0 Å². The highest BCUT2D eigenvalue weighted by molar-refractivity contribution is 14.0. The van der Waals surface area contributed by atoms with Gasteiger partial charge in [-0.15, -0.1) is 24.0 Å². The molecule has 1 unspecified atom stereocenters. The smallest absolute Gasteiger partial charge is 0.191 e. The highest BCUT2D eigenvalue weighted by atomic mass is 127. The van der Waals surface area contributed by atoms with Crippen LogP contribution < -0.4 is 10.6 Å². The summed E-state index contributed by atoms with van der Waals surface area (Å²) >= 11 is 0. The van der Waals surface area contributed by atoms with Crippen molar-refractivity contribution >= 4 is 29.9 Å². The molecule has 0 radical (unpaired) electrons. The van der Waals surface area contributed by atoms with Crippen LogP contribution in [0.5, 0.6) is 0 Å². The first-order valence-corrected chi connectivity index (χ1v) is 9.22. The third-order valence-electron chi connectivity index (χ3n) is 4.23. The number of ether oxygens (including phenoxy) is 1. The molecule has 27 heavy (non-hydrogen) atoms. The van der Waals surface area contributed by atoms with Gasteiger partial charge < -0.3 is 15.4 Å². The van der Waals surface area contributed by atoms with E-state index in [1.165, 1.54) is 0 Å².